The Morgan fingerprint density at radius 1 is 1.28 bits per heavy atom. The highest BCUT2D eigenvalue weighted by atomic mass is 35.5. The summed E-state index contributed by atoms with van der Waals surface area (Å²) in [6.45, 7) is 2.46. The minimum atomic E-state index is -0.487. The first-order chi connectivity index (χ1) is 12.0. The first-order valence-electron chi connectivity index (χ1n) is 7.46. The molecule has 2 aromatic rings. The Hall–Kier alpha value is -1.89. The average Bonchev–Trinajstić information content (AvgIpc) is 2.86. The number of carbonyl (C=O) groups is 1. The molecule has 0 aliphatic carbocycles. The van der Waals surface area contributed by atoms with Crippen LogP contribution < -0.4 is 9.64 Å². The summed E-state index contributed by atoms with van der Waals surface area (Å²) in [4.78, 5) is 14.4. The number of thioether (sulfide) groups is 1. The number of anilines is 1. The summed E-state index contributed by atoms with van der Waals surface area (Å²) >= 11 is 12.5. The number of amides is 1. The molecule has 0 N–H and O–H groups in total. The standard InChI is InChI=1S/C18H13ClFNO2S2/c1-2-23-12-8-6-11(7-9-12)21-17(22)16(25-18(21)24)10-13-14(19)4-3-5-15(13)20/h3-10H,2H2,1H3/b16-10-. The summed E-state index contributed by atoms with van der Waals surface area (Å²) in [5.74, 6) is -0.0808. The summed E-state index contributed by atoms with van der Waals surface area (Å²) in [7, 11) is 0. The SMILES string of the molecule is CCOc1ccc(N2C(=O)/C(=C/c3c(F)cccc3Cl)SC2=S)cc1. The van der Waals surface area contributed by atoms with Crippen molar-refractivity contribution in [2.45, 2.75) is 6.92 Å². The largest absolute Gasteiger partial charge is 0.494 e. The van der Waals surface area contributed by atoms with Crippen LogP contribution in [0.5, 0.6) is 5.75 Å². The number of thiocarbonyl (C=S) groups is 1. The van der Waals surface area contributed by atoms with Crippen LogP contribution in [0.1, 0.15) is 12.5 Å². The number of halogens is 2. The van der Waals surface area contributed by atoms with E-state index in [1.807, 2.05) is 6.92 Å². The van der Waals surface area contributed by atoms with Crippen LogP contribution in [0.4, 0.5) is 10.1 Å². The highest BCUT2D eigenvalue weighted by molar-refractivity contribution is 8.27. The van der Waals surface area contributed by atoms with E-state index in [0.29, 0.717) is 27.3 Å². The normalized spacial score (nSPS) is 16.0. The van der Waals surface area contributed by atoms with Gasteiger partial charge in [0, 0.05) is 5.56 Å². The van der Waals surface area contributed by atoms with Crippen molar-refractivity contribution in [1.29, 1.82) is 0 Å². The van der Waals surface area contributed by atoms with E-state index in [9.17, 15) is 9.18 Å². The van der Waals surface area contributed by atoms with Crippen molar-refractivity contribution in [3.05, 3.63) is 63.8 Å². The predicted molar refractivity (Wildman–Crippen MR) is 105 cm³/mol. The van der Waals surface area contributed by atoms with Crippen molar-refractivity contribution in [2.75, 3.05) is 11.5 Å². The smallest absolute Gasteiger partial charge is 0.270 e. The number of hydrogen-bond acceptors (Lipinski definition) is 4. The molecule has 25 heavy (non-hydrogen) atoms. The first-order valence-corrected chi connectivity index (χ1v) is 9.06. The third-order valence-electron chi connectivity index (χ3n) is 3.47. The summed E-state index contributed by atoms with van der Waals surface area (Å²) in [5.41, 5.74) is 0.811. The molecule has 0 saturated carbocycles. The molecule has 1 aliphatic rings. The topological polar surface area (TPSA) is 29.5 Å². The molecular formula is C18H13ClFNO2S2. The van der Waals surface area contributed by atoms with Gasteiger partial charge in [-0.1, -0.05) is 41.6 Å². The summed E-state index contributed by atoms with van der Waals surface area (Å²) in [5, 5.41) is 0.242. The van der Waals surface area contributed by atoms with Gasteiger partial charge >= 0.3 is 0 Å². The average molecular weight is 394 g/mol. The van der Waals surface area contributed by atoms with Crippen LogP contribution in [0.25, 0.3) is 6.08 Å². The van der Waals surface area contributed by atoms with E-state index in [0.717, 1.165) is 11.8 Å². The molecule has 3 rings (SSSR count). The van der Waals surface area contributed by atoms with Crippen LogP contribution in [0.3, 0.4) is 0 Å². The lowest BCUT2D eigenvalue weighted by Crippen LogP contribution is -2.27. The lowest BCUT2D eigenvalue weighted by Gasteiger charge is -2.15. The second-order valence-electron chi connectivity index (χ2n) is 5.08. The molecule has 0 spiro atoms. The fourth-order valence-electron chi connectivity index (χ4n) is 2.33. The summed E-state index contributed by atoms with van der Waals surface area (Å²) in [6, 6.07) is 11.4. The molecule has 1 heterocycles. The van der Waals surface area contributed by atoms with Crippen LogP contribution in [-0.4, -0.2) is 16.8 Å². The van der Waals surface area contributed by atoms with Crippen molar-refractivity contribution >= 4 is 57.6 Å². The van der Waals surface area contributed by atoms with E-state index < -0.39 is 5.82 Å². The van der Waals surface area contributed by atoms with E-state index in [1.54, 1.807) is 30.3 Å². The number of rotatable bonds is 4. The maximum absolute atomic E-state index is 14.0. The fourth-order valence-corrected chi connectivity index (χ4v) is 3.83. The van der Waals surface area contributed by atoms with Crippen LogP contribution in [0.15, 0.2) is 47.4 Å². The number of hydrogen-bond donors (Lipinski definition) is 0. The molecule has 7 heteroatoms. The Labute approximate surface area is 159 Å². The van der Waals surface area contributed by atoms with Crippen LogP contribution in [-0.2, 0) is 4.79 Å². The van der Waals surface area contributed by atoms with E-state index in [-0.39, 0.29) is 16.5 Å². The van der Waals surface area contributed by atoms with Gasteiger partial charge in [0.15, 0.2) is 4.32 Å². The molecule has 0 unspecified atom stereocenters. The van der Waals surface area contributed by atoms with E-state index in [1.165, 1.54) is 23.1 Å². The first kappa shape index (κ1) is 17.9. The van der Waals surface area contributed by atoms with Gasteiger partial charge < -0.3 is 4.74 Å². The minimum Gasteiger partial charge on any atom is -0.494 e. The van der Waals surface area contributed by atoms with E-state index in [4.69, 9.17) is 28.6 Å². The molecule has 3 nitrogen and oxygen atoms in total. The molecule has 1 saturated heterocycles. The lowest BCUT2D eigenvalue weighted by atomic mass is 10.2. The molecule has 0 radical (unpaired) electrons. The molecule has 0 aromatic heterocycles. The summed E-state index contributed by atoms with van der Waals surface area (Å²) < 4.78 is 19.7. The quantitative estimate of drug-likeness (QED) is 0.522. The van der Waals surface area contributed by atoms with E-state index >= 15 is 0 Å². The van der Waals surface area contributed by atoms with Gasteiger partial charge in [-0.3, -0.25) is 9.69 Å². The number of benzene rings is 2. The van der Waals surface area contributed by atoms with Crippen molar-refractivity contribution in [2.24, 2.45) is 0 Å². The molecule has 0 bridgehead atoms. The van der Waals surface area contributed by atoms with Gasteiger partial charge in [0.25, 0.3) is 5.91 Å². The Morgan fingerprint density at radius 2 is 2.00 bits per heavy atom. The van der Waals surface area contributed by atoms with Crippen LogP contribution in [0, 0.1) is 5.82 Å². The van der Waals surface area contributed by atoms with Gasteiger partial charge in [-0.05, 0) is 49.4 Å². The second-order valence-corrected chi connectivity index (χ2v) is 7.16. The van der Waals surface area contributed by atoms with Crippen molar-refractivity contribution in [3.63, 3.8) is 0 Å². The molecule has 1 amide bonds. The van der Waals surface area contributed by atoms with Gasteiger partial charge in [0.1, 0.15) is 11.6 Å². The molecular weight excluding hydrogens is 381 g/mol. The van der Waals surface area contributed by atoms with Crippen molar-refractivity contribution < 1.29 is 13.9 Å². The van der Waals surface area contributed by atoms with Crippen molar-refractivity contribution in [1.82, 2.24) is 0 Å². The Morgan fingerprint density at radius 3 is 2.64 bits per heavy atom. The van der Waals surface area contributed by atoms with Gasteiger partial charge in [0.05, 0.1) is 22.2 Å². The third kappa shape index (κ3) is 3.71. The highest BCUT2D eigenvalue weighted by Crippen LogP contribution is 2.37. The Kier molecular flexibility index (Phi) is 5.42. The monoisotopic (exact) mass is 393 g/mol. The van der Waals surface area contributed by atoms with Crippen LogP contribution in [0.2, 0.25) is 5.02 Å². The Bertz CT molecular complexity index is 848. The lowest BCUT2D eigenvalue weighted by molar-refractivity contribution is -0.113. The third-order valence-corrected chi connectivity index (χ3v) is 5.11. The van der Waals surface area contributed by atoms with Crippen LogP contribution >= 0.6 is 35.6 Å². The summed E-state index contributed by atoms with van der Waals surface area (Å²) in [6.07, 6.45) is 1.44. The van der Waals surface area contributed by atoms with Crippen molar-refractivity contribution in [3.8, 4) is 5.75 Å². The van der Waals surface area contributed by atoms with Gasteiger partial charge in [-0.2, -0.15) is 0 Å². The molecule has 1 aliphatic heterocycles. The number of ether oxygens (including phenoxy) is 1. The highest BCUT2D eigenvalue weighted by Gasteiger charge is 2.33. The predicted octanol–water partition coefficient (Wildman–Crippen LogP) is 5.28. The zero-order chi connectivity index (χ0) is 18.0. The molecule has 0 atom stereocenters. The maximum atomic E-state index is 14.0. The zero-order valence-electron chi connectivity index (χ0n) is 13.2. The second kappa shape index (κ2) is 7.56. The van der Waals surface area contributed by atoms with E-state index in [2.05, 4.69) is 0 Å². The molecule has 2 aromatic carbocycles. The minimum absolute atomic E-state index is 0.177. The van der Waals surface area contributed by atoms with Gasteiger partial charge in [0.2, 0.25) is 0 Å². The number of nitrogens with zero attached hydrogens (tertiary/aromatic N) is 1. The zero-order valence-corrected chi connectivity index (χ0v) is 15.6. The molecule has 128 valence electrons. The molecule has 1 fully saturated rings. The van der Waals surface area contributed by atoms with Gasteiger partial charge in [-0.25, -0.2) is 4.39 Å². The Balaban J connectivity index is 1.91. The maximum Gasteiger partial charge on any atom is 0.270 e. The van der Waals surface area contributed by atoms with Gasteiger partial charge in [-0.15, -0.1) is 0 Å². The number of carbonyl (C=O) groups excluding carboxylic acids is 1. The fraction of sp³-hybridized carbons (Fsp3) is 0.111.